The first kappa shape index (κ1) is 78.6. The van der Waals surface area contributed by atoms with Gasteiger partial charge in [0.2, 0.25) is 76.8 Å². The van der Waals surface area contributed by atoms with E-state index in [4.69, 9.17) is 28.8 Å². The van der Waals surface area contributed by atoms with E-state index in [1.165, 1.54) is 36.1 Å². The van der Waals surface area contributed by atoms with Crippen LogP contribution in [0.1, 0.15) is 102 Å². The molecule has 0 spiro atoms. The van der Waals surface area contributed by atoms with Gasteiger partial charge in [0.15, 0.2) is 5.96 Å². The van der Waals surface area contributed by atoms with E-state index in [2.05, 4.69) is 63.5 Å². The van der Waals surface area contributed by atoms with Crippen LogP contribution in [0.4, 0.5) is 0 Å². The number of phenols is 1. The van der Waals surface area contributed by atoms with Crippen LogP contribution in [0.2, 0.25) is 5.02 Å². The zero-order valence-corrected chi connectivity index (χ0v) is 57.0. The molecular formula is C68H91ClN16O15. The predicted octanol–water partition coefficient (Wildman–Crippen LogP) is -2.00. The Hall–Kier alpha value is -10.4. The van der Waals surface area contributed by atoms with Gasteiger partial charge in [-0.25, -0.2) is 0 Å². The summed E-state index contributed by atoms with van der Waals surface area (Å²) < 4.78 is 0. The molecular weight excluding hydrogens is 1320 g/mol. The van der Waals surface area contributed by atoms with Crippen molar-refractivity contribution in [1.29, 1.82) is 0 Å². The van der Waals surface area contributed by atoms with Gasteiger partial charge >= 0.3 is 0 Å². The fraction of sp³-hybridized carbons (Fsp3) is 0.471. The lowest BCUT2D eigenvalue weighted by molar-refractivity contribution is -0.142. The first-order valence-corrected chi connectivity index (χ1v) is 33.4. The van der Waals surface area contributed by atoms with Crippen LogP contribution in [-0.4, -0.2) is 191 Å². The molecule has 0 aromatic heterocycles. The lowest BCUT2D eigenvalue weighted by atomic mass is 9.98. The number of halogens is 1. The van der Waals surface area contributed by atoms with Crippen molar-refractivity contribution in [1.82, 2.24) is 63.4 Å². The normalized spacial score (nSPS) is 18.8. The number of nitrogens with two attached hydrogens (primary N) is 3. The number of hydrogen-bond acceptors (Lipinski definition) is 16. The minimum absolute atomic E-state index is 0.00537. The van der Waals surface area contributed by atoms with Crippen molar-refractivity contribution in [3.8, 4) is 5.75 Å². The number of aliphatic hydroxyl groups is 1. The maximum Gasteiger partial charge on any atom is 0.245 e. The molecule has 2 aliphatic rings. The fourth-order valence-corrected chi connectivity index (χ4v) is 11.5. The number of likely N-dealkylation sites (tertiary alicyclic amines) is 1. The summed E-state index contributed by atoms with van der Waals surface area (Å²) in [6.07, 6.45) is -0.146. The molecule has 4 aromatic carbocycles. The number of phenolic OH excluding ortho intramolecular Hbond substituents is 1. The number of carbonyl (C=O) groups excluding carboxylic acids is 13. The van der Waals surface area contributed by atoms with Crippen molar-refractivity contribution in [2.45, 2.75) is 165 Å². The number of primary amides is 1. The average molecular weight is 1410 g/mol. The molecule has 2 fully saturated rings. The van der Waals surface area contributed by atoms with Gasteiger partial charge in [0.25, 0.3) is 0 Å². The highest BCUT2D eigenvalue weighted by molar-refractivity contribution is 6.30. The van der Waals surface area contributed by atoms with Crippen LogP contribution >= 0.6 is 11.6 Å². The van der Waals surface area contributed by atoms with Gasteiger partial charge in [-0.05, 0) is 116 Å². The standard InChI is InChI=1S/C68H91ClN16O15/c1-37(2)29-49(61(94)79-48(14-9-27-74-68(71)72)67(100)85-28-10-15-55(85)66(99)76-38(3)58(70)91)80-63(96)52(33-42-16-21-43-11-5-6-12-44(43)30-42)82-62(95)51(32-41-19-24-46(88)25-20-41)83-65(98)54(36-86)84-60(93)47-13-7-8-26-73-59(92)50(31-40-17-22-45(69)23-18-40)81-64(97)53(77-39(4)87)34-56(89)75-35-57(90)78-47/h5-6,11-12,16-25,30,37-38,47-55,86,88H,7-10,13-15,26-29,31-36H2,1-4H3,(H2,70,91)(H,73,92)(H,75,89)(H,76,99)(H,77,87)(H,78,90)(H,79,94)(H,80,96)(H,81,97)(H,82,95)(H,83,98)(H,84,93)(H4,71,72,74)/t38?,47-,48+,49-,50-,51+,52?,53?,54+,55-/m1/s1. The lowest BCUT2D eigenvalue weighted by Gasteiger charge is -2.31. The zero-order valence-electron chi connectivity index (χ0n) is 56.2. The minimum Gasteiger partial charge on any atom is -0.508 e. The molecule has 100 heavy (non-hydrogen) atoms. The molecule has 0 aliphatic carbocycles. The second kappa shape index (κ2) is 38.6. The lowest BCUT2D eigenvalue weighted by Crippen LogP contribution is -2.61. The summed E-state index contributed by atoms with van der Waals surface area (Å²) in [6.45, 7) is 4.51. The Morgan fingerprint density at radius 2 is 1.26 bits per heavy atom. The third kappa shape index (κ3) is 25.1. The summed E-state index contributed by atoms with van der Waals surface area (Å²) in [5.41, 5.74) is 18.1. The number of aliphatic hydroxyl groups excluding tert-OH is 1. The number of nitrogens with zero attached hydrogens (tertiary/aromatic N) is 2. The molecule has 4 aromatic rings. The molecule has 2 aliphatic heterocycles. The molecule has 540 valence electrons. The van der Waals surface area contributed by atoms with Gasteiger partial charge < -0.3 is 90.8 Å². The van der Waals surface area contributed by atoms with Crippen molar-refractivity contribution >= 4 is 105 Å². The molecule has 10 atom stereocenters. The monoisotopic (exact) mass is 1410 g/mol. The van der Waals surface area contributed by atoms with Crippen molar-refractivity contribution in [2.24, 2.45) is 28.1 Å². The summed E-state index contributed by atoms with van der Waals surface area (Å²) in [5.74, 6) is -11.3. The third-order valence-corrected chi connectivity index (χ3v) is 16.9. The summed E-state index contributed by atoms with van der Waals surface area (Å²) in [4.78, 5) is 185. The Labute approximate surface area is 583 Å². The van der Waals surface area contributed by atoms with E-state index in [9.17, 15) is 63.0 Å². The first-order valence-electron chi connectivity index (χ1n) is 33.1. The zero-order chi connectivity index (χ0) is 73.2. The number of guanidine groups is 1. The number of amides is 13. The molecule has 13 amide bonds. The van der Waals surface area contributed by atoms with Crippen molar-refractivity contribution in [3.05, 3.63) is 113 Å². The Balaban J connectivity index is 1.25. The number of nitrogens with one attached hydrogen (secondary N) is 11. The number of aromatic hydroxyl groups is 1. The molecule has 2 heterocycles. The Morgan fingerprint density at radius 1 is 0.650 bits per heavy atom. The van der Waals surface area contributed by atoms with E-state index in [1.54, 1.807) is 50.2 Å². The number of benzene rings is 4. The molecule has 32 heteroatoms. The molecule has 6 rings (SSSR count). The van der Waals surface area contributed by atoms with Crippen LogP contribution in [0.15, 0.2) is 96.0 Å². The molecule has 0 saturated carbocycles. The second-order valence-corrected chi connectivity index (χ2v) is 25.6. The van der Waals surface area contributed by atoms with Gasteiger partial charge in [-0.1, -0.05) is 92.2 Å². The Morgan fingerprint density at radius 3 is 1.90 bits per heavy atom. The molecule has 0 bridgehead atoms. The molecule has 31 nitrogen and oxygen atoms in total. The van der Waals surface area contributed by atoms with Gasteiger partial charge in [0.05, 0.1) is 19.6 Å². The van der Waals surface area contributed by atoms with E-state index < -0.39 is 157 Å². The van der Waals surface area contributed by atoms with E-state index in [1.807, 2.05) is 30.3 Å². The number of fused-ring (bicyclic) bond motifs is 1. The SMILES string of the molecule is CC(=O)NC1CC(=O)NCC(=O)N[C@@H](C(=O)N[C@@H](CO)C(=O)N[C@@H](Cc2ccc(O)cc2)C(=O)NC(Cc2ccc3ccccc3c2)C(=O)N[C@H](CC(C)C)C(=O)N[C@@H](CCCN=C(N)N)C(=O)N2CCC[C@@H]2C(=O)NC(C)C(N)=O)CCCCNC(=O)[C@@H](Cc2ccc(Cl)cc2)NC1=O. The van der Waals surface area contributed by atoms with E-state index in [0.29, 0.717) is 28.1 Å². The summed E-state index contributed by atoms with van der Waals surface area (Å²) in [5, 5.41) is 51.6. The van der Waals surface area contributed by atoms with Crippen LogP contribution in [0.5, 0.6) is 5.75 Å². The van der Waals surface area contributed by atoms with Gasteiger partial charge in [-0.2, -0.15) is 0 Å². The molecule has 19 N–H and O–H groups in total. The maximum atomic E-state index is 15.1. The van der Waals surface area contributed by atoms with Crippen LogP contribution < -0.4 is 75.7 Å². The fourth-order valence-electron chi connectivity index (χ4n) is 11.3. The van der Waals surface area contributed by atoms with Crippen molar-refractivity contribution in [3.63, 3.8) is 0 Å². The molecule has 3 unspecified atom stereocenters. The quantitative estimate of drug-likeness (QED) is 0.0166. The second-order valence-electron chi connectivity index (χ2n) is 25.2. The van der Waals surface area contributed by atoms with Crippen LogP contribution in [-0.2, 0) is 81.6 Å². The number of rotatable bonds is 28. The van der Waals surface area contributed by atoms with Crippen molar-refractivity contribution < 1.29 is 72.5 Å². The van der Waals surface area contributed by atoms with E-state index in [-0.39, 0.29) is 101 Å². The highest BCUT2D eigenvalue weighted by Crippen LogP contribution is 2.22. The van der Waals surface area contributed by atoms with Gasteiger partial charge in [-0.3, -0.25) is 67.3 Å². The number of hydrogen-bond donors (Lipinski definition) is 16. The maximum absolute atomic E-state index is 15.1. The summed E-state index contributed by atoms with van der Waals surface area (Å²) in [6, 6.07) is 11.0. The molecule has 2 saturated heterocycles. The van der Waals surface area contributed by atoms with Crippen LogP contribution in [0.3, 0.4) is 0 Å². The highest BCUT2D eigenvalue weighted by Gasteiger charge is 2.40. The van der Waals surface area contributed by atoms with E-state index >= 15 is 9.59 Å². The third-order valence-electron chi connectivity index (χ3n) is 16.6. The topological polar surface area (TPSA) is 488 Å². The Kier molecular flexibility index (Phi) is 30.4. The average Bonchev–Trinajstić information content (AvgIpc) is 1.47. The van der Waals surface area contributed by atoms with Crippen molar-refractivity contribution in [2.75, 3.05) is 32.8 Å². The van der Waals surface area contributed by atoms with Gasteiger partial charge in [0, 0.05) is 50.8 Å². The first-order chi connectivity index (χ1) is 47.6. The number of carbonyl (C=O) groups is 13. The van der Waals surface area contributed by atoms with Gasteiger partial charge in [0.1, 0.15) is 66.2 Å². The summed E-state index contributed by atoms with van der Waals surface area (Å²) >= 11 is 6.08. The largest absolute Gasteiger partial charge is 0.508 e. The minimum atomic E-state index is -1.82. The Bertz CT molecular complexity index is 3610. The van der Waals surface area contributed by atoms with E-state index in [0.717, 1.165) is 17.7 Å². The summed E-state index contributed by atoms with van der Waals surface area (Å²) in [7, 11) is 0. The number of aliphatic imine (C=N–C) groups is 1. The molecule has 0 radical (unpaired) electrons. The predicted molar refractivity (Wildman–Crippen MR) is 368 cm³/mol. The smallest absolute Gasteiger partial charge is 0.245 e. The van der Waals surface area contributed by atoms with Gasteiger partial charge in [-0.15, -0.1) is 0 Å². The van der Waals surface area contributed by atoms with Crippen LogP contribution in [0, 0.1) is 5.92 Å². The highest BCUT2D eigenvalue weighted by atomic mass is 35.5. The van der Waals surface area contributed by atoms with Crippen LogP contribution in [0.25, 0.3) is 10.8 Å².